The molecule has 0 radical (unpaired) electrons. The van der Waals surface area contributed by atoms with Gasteiger partial charge in [0.1, 0.15) is 0 Å². The van der Waals surface area contributed by atoms with Crippen molar-refractivity contribution >= 4 is 39.5 Å². The van der Waals surface area contributed by atoms with Gasteiger partial charge in [-0.1, -0.05) is 218 Å². The van der Waals surface area contributed by atoms with Crippen molar-refractivity contribution in [3.05, 3.63) is 318 Å². The molecule has 0 aromatic heterocycles. The maximum absolute atomic E-state index is 4.42. The molecule has 0 spiro atoms. The average molecular weight is 885 g/mol. The smallest absolute Gasteiger partial charge is 0.0713 e. The van der Waals surface area contributed by atoms with Crippen LogP contribution in [0.4, 0.5) is 22.7 Å². The summed E-state index contributed by atoms with van der Waals surface area (Å²) in [5.74, 6) is 0.295. The van der Waals surface area contributed by atoms with Crippen molar-refractivity contribution in [2.75, 3.05) is 9.80 Å². The fourth-order valence-corrected chi connectivity index (χ4v) is 11.3. The lowest BCUT2D eigenvalue weighted by Gasteiger charge is -2.35. The van der Waals surface area contributed by atoms with Gasteiger partial charge in [0.2, 0.25) is 0 Å². The van der Waals surface area contributed by atoms with E-state index >= 15 is 0 Å². The fourth-order valence-electron chi connectivity index (χ4n) is 11.3. The zero-order valence-electron chi connectivity index (χ0n) is 38.6. The summed E-state index contributed by atoms with van der Waals surface area (Å²) in [6.07, 6.45) is 21.0. The van der Waals surface area contributed by atoms with E-state index in [1.807, 2.05) is 0 Å². The van der Waals surface area contributed by atoms with Crippen LogP contribution in [-0.2, 0) is 5.41 Å². The number of hydrogen-bond donors (Lipinski definition) is 0. The van der Waals surface area contributed by atoms with E-state index in [0.717, 1.165) is 53.1 Å². The third kappa shape index (κ3) is 7.55. The van der Waals surface area contributed by atoms with Crippen LogP contribution in [-0.4, -0.2) is 0 Å². The van der Waals surface area contributed by atoms with Crippen LogP contribution in [0.15, 0.2) is 279 Å². The number of anilines is 4. The van der Waals surface area contributed by atoms with Crippen LogP contribution in [0.1, 0.15) is 58.2 Å². The van der Waals surface area contributed by atoms with E-state index in [1.165, 1.54) is 66.9 Å². The van der Waals surface area contributed by atoms with E-state index in [9.17, 15) is 0 Å². The molecule has 0 saturated heterocycles. The molecule has 0 bridgehead atoms. The Morgan fingerprint density at radius 3 is 1.84 bits per heavy atom. The Bertz CT molecular complexity index is 3370. The van der Waals surface area contributed by atoms with Crippen LogP contribution in [0.3, 0.4) is 0 Å². The van der Waals surface area contributed by atoms with Gasteiger partial charge in [0.25, 0.3) is 0 Å². The molecular formula is C67H52N2. The minimum absolute atomic E-state index is 0.295. The highest BCUT2D eigenvalue weighted by Gasteiger charge is 2.45. The predicted octanol–water partition coefficient (Wildman–Crippen LogP) is 17.2. The SMILES string of the molecule is C=C1/C=C\C=C/N(c2cccc(N(C3=CC=C(C4C=C(c5ccccc5)C=C(c5ccccc5)C4)CC3)c3ccc(C4(c5ccccc5)c5ccccc5-c5ccccc54)cc3)c2)c2ccccc21. The van der Waals surface area contributed by atoms with Crippen molar-refractivity contribution in [2.45, 2.75) is 24.7 Å². The molecule has 0 saturated carbocycles. The molecule has 1 heterocycles. The number of para-hydroxylation sites is 1. The normalized spacial score (nSPS) is 17.7. The Kier molecular flexibility index (Phi) is 10.9. The molecule has 3 aliphatic carbocycles. The third-order valence-electron chi connectivity index (χ3n) is 14.6. The lowest BCUT2D eigenvalue weighted by atomic mass is 9.68. The van der Waals surface area contributed by atoms with Crippen LogP contribution in [0.2, 0.25) is 0 Å². The first kappa shape index (κ1) is 41.9. The Balaban J connectivity index is 0.981. The number of fused-ring (bicyclic) bond motifs is 4. The Morgan fingerprint density at radius 2 is 1.14 bits per heavy atom. The quantitative estimate of drug-likeness (QED) is 0.142. The summed E-state index contributed by atoms with van der Waals surface area (Å²) >= 11 is 0. The molecular weight excluding hydrogens is 833 g/mol. The van der Waals surface area contributed by atoms with E-state index in [2.05, 4.69) is 277 Å². The highest BCUT2D eigenvalue weighted by atomic mass is 15.2. The first-order valence-corrected chi connectivity index (χ1v) is 24.2. The maximum Gasteiger partial charge on any atom is 0.0713 e. The van der Waals surface area contributed by atoms with Gasteiger partial charge in [0.05, 0.1) is 11.1 Å². The molecule has 8 aromatic rings. The zero-order chi connectivity index (χ0) is 46.2. The number of benzene rings is 8. The second-order valence-electron chi connectivity index (χ2n) is 18.5. The van der Waals surface area contributed by atoms with Crippen molar-refractivity contribution in [2.24, 2.45) is 5.92 Å². The van der Waals surface area contributed by atoms with Gasteiger partial charge < -0.3 is 9.80 Å². The lowest BCUT2D eigenvalue weighted by Crippen LogP contribution is -2.28. The molecule has 1 aliphatic heterocycles. The predicted molar refractivity (Wildman–Crippen MR) is 291 cm³/mol. The summed E-state index contributed by atoms with van der Waals surface area (Å²) in [6, 6.07) is 77.8. The highest BCUT2D eigenvalue weighted by molar-refractivity contribution is 5.89. The summed E-state index contributed by atoms with van der Waals surface area (Å²) in [6.45, 7) is 4.42. The van der Waals surface area contributed by atoms with Gasteiger partial charge in [-0.25, -0.2) is 0 Å². The molecule has 12 rings (SSSR count). The molecule has 8 aromatic carbocycles. The minimum atomic E-state index is -0.470. The van der Waals surface area contributed by atoms with E-state index in [-0.39, 0.29) is 0 Å². The molecule has 0 fully saturated rings. The topological polar surface area (TPSA) is 6.48 Å². The van der Waals surface area contributed by atoms with Crippen LogP contribution in [0, 0.1) is 5.92 Å². The van der Waals surface area contributed by atoms with Gasteiger partial charge in [-0.15, -0.1) is 0 Å². The van der Waals surface area contributed by atoms with Gasteiger partial charge in [0.15, 0.2) is 0 Å². The summed E-state index contributed by atoms with van der Waals surface area (Å²) in [5.41, 5.74) is 21.8. The summed E-state index contributed by atoms with van der Waals surface area (Å²) in [7, 11) is 0. The molecule has 330 valence electrons. The molecule has 1 unspecified atom stereocenters. The molecule has 1 atom stereocenters. The molecule has 2 heteroatoms. The molecule has 4 aliphatic rings. The zero-order valence-corrected chi connectivity index (χ0v) is 38.6. The largest absolute Gasteiger partial charge is 0.316 e. The molecule has 69 heavy (non-hydrogen) atoms. The average Bonchev–Trinajstić information content (AvgIpc) is 3.72. The van der Waals surface area contributed by atoms with E-state index < -0.39 is 5.41 Å². The Morgan fingerprint density at radius 1 is 0.522 bits per heavy atom. The second-order valence-corrected chi connectivity index (χ2v) is 18.5. The number of hydrogen-bond acceptors (Lipinski definition) is 2. The summed E-state index contributed by atoms with van der Waals surface area (Å²) < 4.78 is 0. The van der Waals surface area contributed by atoms with Gasteiger partial charge in [-0.3, -0.25) is 0 Å². The second kappa shape index (κ2) is 18.0. The first-order valence-electron chi connectivity index (χ1n) is 24.2. The van der Waals surface area contributed by atoms with E-state index in [1.54, 1.807) is 0 Å². The van der Waals surface area contributed by atoms with Crippen LogP contribution in [0.25, 0.3) is 27.8 Å². The maximum atomic E-state index is 4.42. The summed E-state index contributed by atoms with van der Waals surface area (Å²) in [4.78, 5) is 4.78. The Hall–Kier alpha value is -8.46. The van der Waals surface area contributed by atoms with Gasteiger partial charge in [-0.2, -0.15) is 0 Å². The van der Waals surface area contributed by atoms with Crippen LogP contribution >= 0.6 is 0 Å². The molecule has 2 nitrogen and oxygen atoms in total. The van der Waals surface area contributed by atoms with E-state index in [4.69, 9.17) is 0 Å². The van der Waals surface area contributed by atoms with Crippen LogP contribution < -0.4 is 9.80 Å². The first-order chi connectivity index (χ1) is 34.1. The standard InChI is InChI=1S/C67H52N2/c1-48-20-17-18-43-68(66-34-16-13-29-61(48)66)59-27-19-28-60(47-59)69(57-39-35-51(36-40-57)54-45-52(49-21-5-2-6-22-49)44-53(46-54)50-23-7-3-8-24-50)58-41-37-56(38-42-58)67(55-25-9-4-10-26-55)64-32-14-11-30-62(64)63-31-12-15-33-65(63)67/h2-35,37-39,41-45,47,54H,1,36,40,46H2/b20-17-,43-18-. The fraction of sp³-hybridized carbons (Fsp3) is 0.0746. The van der Waals surface area contributed by atoms with Crippen LogP contribution in [0.5, 0.6) is 0 Å². The number of nitrogens with zero attached hydrogens (tertiary/aromatic N) is 2. The highest BCUT2D eigenvalue weighted by Crippen LogP contribution is 2.56. The molecule has 0 N–H and O–H groups in total. The minimum Gasteiger partial charge on any atom is -0.316 e. The van der Waals surface area contributed by atoms with Crippen molar-refractivity contribution in [3.8, 4) is 11.1 Å². The number of allylic oxidation sites excluding steroid dienone is 12. The van der Waals surface area contributed by atoms with Crippen molar-refractivity contribution in [1.29, 1.82) is 0 Å². The lowest BCUT2D eigenvalue weighted by molar-refractivity contribution is 0.708. The van der Waals surface area contributed by atoms with Gasteiger partial charge >= 0.3 is 0 Å². The van der Waals surface area contributed by atoms with E-state index in [0.29, 0.717) is 5.92 Å². The summed E-state index contributed by atoms with van der Waals surface area (Å²) in [5, 5.41) is 0. The van der Waals surface area contributed by atoms with Gasteiger partial charge in [-0.05, 0) is 129 Å². The van der Waals surface area contributed by atoms with Gasteiger partial charge in [0, 0.05) is 40.4 Å². The van der Waals surface area contributed by atoms with Crippen molar-refractivity contribution in [1.82, 2.24) is 0 Å². The third-order valence-corrected chi connectivity index (χ3v) is 14.6. The number of rotatable bonds is 9. The van der Waals surface area contributed by atoms with Crippen molar-refractivity contribution < 1.29 is 0 Å². The Labute approximate surface area is 406 Å². The van der Waals surface area contributed by atoms with Crippen molar-refractivity contribution in [3.63, 3.8) is 0 Å². The monoisotopic (exact) mass is 884 g/mol. The molecule has 0 amide bonds.